The molecule has 1 fully saturated rings. The summed E-state index contributed by atoms with van der Waals surface area (Å²) in [6.45, 7) is 10.5. The summed E-state index contributed by atoms with van der Waals surface area (Å²) < 4.78 is 33.1. The number of rotatable bonds is 6. The molecule has 1 aliphatic rings. The van der Waals surface area contributed by atoms with Crippen molar-refractivity contribution in [3.05, 3.63) is 24.0 Å². The minimum atomic E-state index is -3.46. The predicted octanol–water partition coefficient (Wildman–Crippen LogP) is 3.16. The fourth-order valence-corrected chi connectivity index (χ4v) is 5.38. The van der Waals surface area contributed by atoms with E-state index in [1.807, 2.05) is 6.07 Å². The second-order valence-corrected chi connectivity index (χ2v) is 11.1. The Labute approximate surface area is 167 Å². The number of fused-ring (bicyclic) bond motifs is 1. The topological polar surface area (TPSA) is 81.4 Å². The van der Waals surface area contributed by atoms with Crippen molar-refractivity contribution in [1.29, 1.82) is 0 Å². The van der Waals surface area contributed by atoms with Gasteiger partial charge in [-0.3, -0.25) is 0 Å². The van der Waals surface area contributed by atoms with Crippen LogP contribution >= 0.6 is 0 Å². The van der Waals surface area contributed by atoms with Crippen molar-refractivity contribution < 1.29 is 18.3 Å². The molecule has 1 unspecified atom stereocenters. The van der Waals surface area contributed by atoms with Gasteiger partial charge in [0.2, 0.25) is 0 Å². The van der Waals surface area contributed by atoms with Crippen molar-refractivity contribution in [3.8, 4) is 0 Å². The second-order valence-electron chi connectivity index (χ2n) is 9.07. The highest BCUT2D eigenvalue weighted by Gasteiger charge is 2.26. The molecular formula is C21H32N2O4S. The first-order valence-corrected chi connectivity index (χ1v) is 11.7. The molecule has 28 heavy (non-hydrogen) atoms. The van der Waals surface area contributed by atoms with Gasteiger partial charge >= 0.3 is 0 Å². The summed E-state index contributed by atoms with van der Waals surface area (Å²) in [6.07, 6.45) is 2.07. The second kappa shape index (κ2) is 8.13. The van der Waals surface area contributed by atoms with Crippen molar-refractivity contribution in [3.63, 3.8) is 0 Å². The first-order valence-electron chi connectivity index (χ1n) is 10.0. The van der Waals surface area contributed by atoms with Gasteiger partial charge in [-0.2, -0.15) is 0 Å². The Morgan fingerprint density at radius 2 is 1.96 bits per heavy atom. The van der Waals surface area contributed by atoms with Crippen LogP contribution in [0.15, 0.2) is 23.1 Å². The van der Waals surface area contributed by atoms with Crippen molar-refractivity contribution in [2.75, 3.05) is 25.6 Å². The first-order chi connectivity index (χ1) is 13.1. The molecule has 1 aromatic heterocycles. The molecule has 1 atom stereocenters. The Hall–Kier alpha value is -1.44. The number of aliphatic hydroxyl groups is 1. The normalized spacial score (nSPS) is 17.9. The van der Waals surface area contributed by atoms with E-state index in [-0.39, 0.29) is 28.6 Å². The molecule has 0 amide bonds. The molecule has 156 valence electrons. The molecule has 1 saturated heterocycles. The Morgan fingerprint density at radius 3 is 2.57 bits per heavy atom. The Morgan fingerprint density at radius 1 is 1.29 bits per heavy atom. The molecule has 2 heterocycles. The minimum absolute atomic E-state index is 0.0656. The Bertz CT molecular complexity index is 922. The monoisotopic (exact) mass is 408 g/mol. The van der Waals surface area contributed by atoms with Crippen LogP contribution < -0.4 is 0 Å². The summed E-state index contributed by atoms with van der Waals surface area (Å²) in [7, 11) is -3.46. The van der Waals surface area contributed by atoms with E-state index >= 15 is 0 Å². The van der Waals surface area contributed by atoms with Crippen molar-refractivity contribution in [1.82, 2.24) is 9.55 Å². The third-order valence-electron chi connectivity index (χ3n) is 5.35. The van der Waals surface area contributed by atoms with E-state index in [1.165, 1.54) is 0 Å². The zero-order valence-corrected chi connectivity index (χ0v) is 18.1. The van der Waals surface area contributed by atoms with Gasteiger partial charge in [-0.1, -0.05) is 27.7 Å². The number of imidazole rings is 1. The maximum absolute atomic E-state index is 12.7. The lowest BCUT2D eigenvalue weighted by Crippen LogP contribution is -2.25. The number of nitrogens with zero attached hydrogens (tertiary/aromatic N) is 2. The third-order valence-corrected chi connectivity index (χ3v) is 7.33. The number of hydrogen-bond donors (Lipinski definition) is 1. The van der Waals surface area contributed by atoms with Crippen LogP contribution in [0.3, 0.4) is 0 Å². The largest absolute Gasteiger partial charge is 0.396 e. The highest BCUT2D eigenvalue weighted by molar-refractivity contribution is 7.91. The SMILES string of the molecule is CC(CO)CS(=O)(=O)c1ccc2c(c1)nc(C(C)(C)C)n2CC1CCOCC1. The molecule has 3 rings (SSSR count). The van der Waals surface area contributed by atoms with Crippen LogP contribution in [0.4, 0.5) is 0 Å². The predicted molar refractivity (Wildman–Crippen MR) is 110 cm³/mol. The molecule has 2 aromatic rings. The summed E-state index contributed by atoms with van der Waals surface area (Å²) in [6, 6.07) is 5.24. The van der Waals surface area contributed by atoms with Crippen molar-refractivity contribution in [2.24, 2.45) is 11.8 Å². The van der Waals surface area contributed by atoms with Crippen molar-refractivity contribution >= 4 is 20.9 Å². The van der Waals surface area contributed by atoms with Crippen LogP contribution in [-0.2, 0) is 26.5 Å². The highest BCUT2D eigenvalue weighted by Crippen LogP contribution is 2.30. The summed E-state index contributed by atoms with van der Waals surface area (Å²) >= 11 is 0. The molecule has 1 N–H and O–H groups in total. The van der Waals surface area contributed by atoms with Gasteiger partial charge in [0.15, 0.2) is 9.84 Å². The Kier molecular flexibility index (Phi) is 6.17. The standard InChI is InChI=1S/C21H32N2O4S/c1-15(13-24)14-28(25,26)17-5-6-19-18(11-17)22-20(21(2,3)4)23(19)12-16-7-9-27-10-8-16/h5-6,11,15-16,24H,7-10,12-14H2,1-4H3. The zero-order chi connectivity index (χ0) is 20.5. The number of hydrogen-bond acceptors (Lipinski definition) is 5. The van der Waals surface area contributed by atoms with Gasteiger partial charge in [-0.05, 0) is 42.9 Å². The van der Waals surface area contributed by atoms with E-state index < -0.39 is 9.84 Å². The molecule has 0 bridgehead atoms. The number of aromatic nitrogens is 2. The smallest absolute Gasteiger partial charge is 0.178 e. The van der Waals surface area contributed by atoms with E-state index in [0.717, 1.165) is 49.5 Å². The molecule has 1 aromatic carbocycles. The molecule has 1 aliphatic heterocycles. The molecule has 6 nitrogen and oxygen atoms in total. The molecular weight excluding hydrogens is 376 g/mol. The van der Waals surface area contributed by atoms with Gasteiger partial charge in [0.1, 0.15) is 5.82 Å². The van der Waals surface area contributed by atoms with Gasteiger partial charge in [0.05, 0.1) is 21.7 Å². The lowest BCUT2D eigenvalue weighted by Gasteiger charge is -2.26. The average molecular weight is 409 g/mol. The van der Waals surface area contributed by atoms with E-state index in [2.05, 4.69) is 25.3 Å². The molecule has 0 radical (unpaired) electrons. The lowest BCUT2D eigenvalue weighted by atomic mass is 9.94. The van der Waals surface area contributed by atoms with Crippen LogP contribution in [0.1, 0.15) is 46.4 Å². The molecule has 0 saturated carbocycles. The summed E-state index contributed by atoms with van der Waals surface area (Å²) in [4.78, 5) is 5.12. The number of benzene rings is 1. The maximum Gasteiger partial charge on any atom is 0.178 e. The lowest BCUT2D eigenvalue weighted by molar-refractivity contribution is 0.0611. The van der Waals surface area contributed by atoms with E-state index in [0.29, 0.717) is 5.92 Å². The van der Waals surface area contributed by atoms with Gasteiger partial charge in [-0.15, -0.1) is 0 Å². The van der Waals surface area contributed by atoms with Crippen LogP contribution in [-0.4, -0.2) is 48.6 Å². The fraction of sp³-hybridized carbons (Fsp3) is 0.667. The van der Waals surface area contributed by atoms with Crippen LogP contribution in [0.2, 0.25) is 0 Å². The molecule has 0 aliphatic carbocycles. The molecule has 7 heteroatoms. The summed E-state index contributed by atoms with van der Waals surface area (Å²) in [5.74, 6) is 1.16. The van der Waals surface area contributed by atoms with E-state index in [4.69, 9.17) is 9.72 Å². The molecule has 0 spiro atoms. The van der Waals surface area contributed by atoms with Crippen LogP contribution in [0.5, 0.6) is 0 Å². The van der Waals surface area contributed by atoms with Crippen molar-refractivity contribution in [2.45, 2.75) is 57.4 Å². The van der Waals surface area contributed by atoms with Gasteiger partial charge in [-0.25, -0.2) is 13.4 Å². The third kappa shape index (κ3) is 4.58. The van der Waals surface area contributed by atoms with E-state index in [1.54, 1.807) is 19.1 Å². The number of sulfone groups is 1. The van der Waals surface area contributed by atoms with Crippen LogP contribution in [0.25, 0.3) is 11.0 Å². The van der Waals surface area contributed by atoms with Gasteiger partial charge < -0.3 is 14.4 Å². The number of ether oxygens (including phenoxy) is 1. The summed E-state index contributed by atoms with van der Waals surface area (Å²) in [5.41, 5.74) is 1.55. The highest BCUT2D eigenvalue weighted by atomic mass is 32.2. The average Bonchev–Trinajstić information content (AvgIpc) is 3.00. The Balaban J connectivity index is 2.02. The van der Waals surface area contributed by atoms with Gasteiger partial charge in [0.25, 0.3) is 0 Å². The van der Waals surface area contributed by atoms with E-state index in [9.17, 15) is 13.5 Å². The number of aliphatic hydroxyl groups excluding tert-OH is 1. The minimum Gasteiger partial charge on any atom is -0.396 e. The summed E-state index contributed by atoms with van der Waals surface area (Å²) in [5, 5.41) is 9.21. The fourth-order valence-electron chi connectivity index (χ4n) is 3.77. The van der Waals surface area contributed by atoms with Gasteiger partial charge in [0, 0.05) is 31.8 Å². The van der Waals surface area contributed by atoms with Crippen LogP contribution in [0, 0.1) is 11.8 Å². The first kappa shape index (κ1) is 21.3. The zero-order valence-electron chi connectivity index (χ0n) is 17.3. The quantitative estimate of drug-likeness (QED) is 0.794. The maximum atomic E-state index is 12.7.